The predicted molar refractivity (Wildman–Crippen MR) is 96.5 cm³/mol. The lowest BCUT2D eigenvalue weighted by Crippen LogP contribution is -2.45. The Morgan fingerprint density at radius 2 is 2.08 bits per heavy atom. The van der Waals surface area contributed by atoms with Gasteiger partial charge in [-0.05, 0) is 37.6 Å². The van der Waals surface area contributed by atoms with Crippen LogP contribution >= 0.6 is 0 Å². The molecule has 0 unspecified atom stereocenters. The Hall–Kier alpha value is -1.64. The molecule has 7 nitrogen and oxygen atoms in total. The quantitative estimate of drug-likeness (QED) is 0.754. The molecule has 1 aromatic carbocycles. The Morgan fingerprint density at radius 3 is 2.64 bits per heavy atom. The standard InChI is InChI=1S/C17H27N3O4S/c1-4-20(5-2)25(22,23)16-11-13(8-9-15(16)24-3)17(21)19-14-7-6-10-18-12-14/h8-9,11,14,18H,4-7,10,12H2,1-3H3,(H,19,21)/t14-/m0/s1. The molecule has 1 saturated heterocycles. The van der Waals surface area contributed by atoms with E-state index in [0.717, 1.165) is 25.9 Å². The fourth-order valence-corrected chi connectivity index (χ4v) is 4.61. The van der Waals surface area contributed by atoms with Gasteiger partial charge in [0.05, 0.1) is 7.11 Å². The highest BCUT2D eigenvalue weighted by atomic mass is 32.2. The molecular formula is C17H27N3O4S. The molecule has 8 heteroatoms. The van der Waals surface area contributed by atoms with E-state index in [4.69, 9.17) is 4.74 Å². The first-order chi connectivity index (χ1) is 11.9. The van der Waals surface area contributed by atoms with Crippen LogP contribution in [0, 0.1) is 0 Å². The molecule has 0 saturated carbocycles. The van der Waals surface area contributed by atoms with E-state index in [1.165, 1.54) is 23.5 Å². The van der Waals surface area contributed by atoms with Gasteiger partial charge in [-0.25, -0.2) is 8.42 Å². The summed E-state index contributed by atoms with van der Waals surface area (Å²) < 4.78 is 32.2. The summed E-state index contributed by atoms with van der Waals surface area (Å²) >= 11 is 0. The molecule has 1 aliphatic heterocycles. The Morgan fingerprint density at radius 1 is 1.36 bits per heavy atom. The van der Waals surface area contributed by atoms with Gasteiger partial charge >= 0.3 is 0 Å². The normalized spacial score (nSPS) is 18.2. The number of nitrogens with zero attached hydrogens (tertiary/aromatic N) is 1. The van der Waals surface area contributed by atoms with Crippen LogP contribution in [0.25, 0.3) is 0 Å². The zero-order chi connectivity index (χ0) is 18.4. The monoisotopic (exact) mass is 369 g/mol. The summed E-state index contributed by atoms with van der Waals surface area (Å²) in [6.45, 7) is 5.95. The molecule has 0 spiro atoms. The van der Waals surface area contributed by atoms with Crippen molar-refractivity contribution in [3.8, 4) is 5.75 Å². The summed E-state index contributed by atoms with van der Waals surface area (Å²) in [7, 11) is -2.30. The number of sulfonamides is 1. The van der Waals surface area contributed by atoms with Crippen molar-refractivity contribution in [2.24, 2.45) is 0 Å². The number of benzene rings is 1. The molecule has 1 aliphatic rings. The van der Waals surface area contributed by atoms with Crippen molar-refractivity contribution < 1.29 is 17.9 Å². The van der Waals surface area contributed by atoms with Gasteiger partial charge in [0.15, 0.2) is 0 Å². The number of hydrogen-bond donors (Lipinski definition) is 2. The van der Waals surface area contributed by atoms with Crippen LogP contribution in [0.4, 0.5) is 0 Å². The van der Waals surface area contributed by atoms with Crippen LogP contribution in [-0.2, 0) is 10.0 Å². The fourth-order valence-electron chi connectivity index (χ4n) is 2.97. The highest BCUT2D eigenvalue weighted by molar-refractivity contribution is 7.89. The van der Waals surface area contributed by atoms with Gasteiger partial charge in [0.1, 0.15) is 10.6 Å². The molecule has 1 heterocycles. The SMILES string of the molecule is CCN(CC)S(=O)(=O)c1cc(C(=O)N[C@H]2CCCNC2)ccc1OC. The van der Waals surface area contributed by atoms with Crippen LogP contribution in [0.1, 0.15) is 37.0 Å². The number of hydrogen-bond acceptors (Lipinski definition) is 5. The molecule has 2 rings (SSSR count). The topological polar surface area (TPSA) is 87.7 Å². The van der Waals surface area contributed by atoms with E-state index in [0.29, 0.717) is 18.7 Å². The van der Waals surface area contributed by atoms with Crippen molar-refractivity contribution >= 4 is 15.9 Å². The average Bonchev–Trinajstić information content (AvgIpc) is 2.62. The van der Waals surface area contributed by atoms with E-state index in [1.807, 2.05) is 0 Å². The van der Waals surface area contributed by atoms with E-state index < -0.39 is 10.0 Å². The molecule has 1 aromatic rings. The third-order valence-electron chi connectivity index (χ3n) is 4.38. The Balaban J connectivity index is 2.31. The van der Waals surface area contributed by atoms with Crippen molar-refractivity contribution in [2.45, 2.75) is 37.6 Å². The summed E-state index contributed by atoms with van der Waals surface area (Å²) in [6.07, 6.45) is 1.93. The van der Waals surface area contributed by atoms with E-state index in [9.17, 15) is 13.2 Å². The molecule has 25 heavy (non-hydrogen) atoms. The Kier molecular flexibility index (Phi) is 6.80. The van der Waals surface area contributed by atoms with E-state index in [2.05, 4.69) is 10.6 Å². The average molecular weight is 369 g/mol. The van der Waals surface area contributed by atoms with Gasteiger partial charge in [-0.1, -0.05) is 13.8 Å². The molecule has 1 atom stereocenters. The van der Waals surface area contributed by atoms with Crippen LogP contribution in [0.5, 0.6) is 5.75 Å². The molecule has 2 N–H and O–H groups in total. The highest BCUT2D eigenvalue weighted by Gasteiger charge is 2.27. The summed E-state index contributed by atoms with van der Waals surface area (Å²) in [5.74, 6) is -0.0323. The maximum absolute atomic E-state index is 12.8. The van der Waals surface area contributed by atoms with Crippen molar-refractivity contribution in [2.75, 3.05) is 33.3 Å². The fraction of sp³-hybridized carbons (Fsp3) is 0.588. The smallest absolute Gasteiger partial charge is 0.251 e. The Bertz CT molecular complexity index is 696. The van der Waals surface area contributed by atoms with Crippen LogP contribution in [0.2, 0.25) is 0 Å². The molecule has 0 bridgehead atoms. The van der Waals surface area contributed by atoms with E-state index in [1.54, 1.807) is 19.9 Å². The first-order valence-corrected chi connectivity index (χ1v) is 10.1. The van der Waals surface area contributed by atoms with Crippen LogP contribution in [0.3, 0.4) is 0 Å². The molecular weight excluding hydrogens is 342 g/mol. The maximum atomic E-state index is 12.8. The maximum Gasteiger partial charge on any atom is 0.251 e. The summed E-state index contributed by atoms with van der Waals surface area (Å²) in [6, 6.07) is 4.58. The zero-order valence-corrected chi connectivity index (χ0v) is 15.9. The van der Waals surface area contributed by atoms with Crippen LogP contribution in [0.15, 0.2) is 23.1 Å². The van der Waals surface area contributed by atoms with Gasteiger partial charge in [-0.2, -0.15) is 4.31 Å². The predicted octanol–water partition coefficient (Wildman–Crippen LogP) is 1.21. The first-order valence-electron chi connectivity index (χ1n) is 8.63. The summed E-state index contributed by atoms with van der Waals surface area (Å²) in [5.41, 5.74) is 0.317. The van der Waals surface area contributed by atoms with E-state index >= 15 is 0 Å². The second-order valence-electron chi connectivity index (χ2n) is 5.97. The summed E-state index contributed by atoms with van der Waals surface area (Å²) in [5, 5.41) is 6.20. The zero-order valence-electron chi connectivity index (χ0n) is 15.0. The van der Waals surface area contributed by atoms with Crippen molar-refractivity contribution in [3.63, 3.8) is 0 Å². The minimum absolute atomic E-state index is 0.0214. The molecule has 0 radical (unpaired) electrons. The minimum Gasteiger partial charge on any atom is -0.495 e. The molecule has 0 aliphatic carbocycles. The summed E-state index contributed by atoms with van der Waals surface area (Å²) in [4.78, 5) is 12.5. The molecule has 140 valence electrons. The van der Waals surface area contributed by atoms with Gasteiger partial charge in [-0.3, -0.25) is 4.79 Å². The second kappa shape index (κ2) is 8.64. The largest absolute Gasteiger partial charge is 0.495 e. The van der Waals surface area contributed by atoms with Gasteiger partial charge in [0.25, 0.3) is 5.91 Å². The number of ether oxygens (including phenoxy) is 1. The number of rotatable bonds is 7. The second-order valence-corrected chi connectivity index (χ2v) is 7.88. The highest BCUT2D eigenvalue weighted by Crippen LogP contribution is 2.28. The van der Waals surface area contributed by atoms with E-state index in [-0.39, 0.29) is 22.6 Å². The lowest BCUT2D eigenvalue weighted by Gasteiger charge is -2.24. The number of methoxy groups -OCH3 is 1. The number of amides is 1. The first kappa shape index (κ1) is 19.7. The molecule has 0 aromatic heterocycles. The molecule has 1 fully saturated rings. The van der Waals surface area contributed by atoms with Crippen molar-refractivity contribution in [1.29, 1.82) is 0 Å². The van der Waals surface area contributed by atoms with Gasteiger partial charge in [0.2, 0.25) is 10.0 Å². The van der Waals surface area contributed by atoms with Gasteiger partial charge in [0, 0.05) is 31.2 Å². The van der Waals surface area contributed by atoms with Crippen LogP contribution in [-0.4, -0.2) is 58.0 Å². The van der Waals surface area contributed by atoms with Crippen molar-refractivity contribution in [3.05, 3.63) is 23.8 Å². The van der Waals surface area contributed by atoms with Crippen molar-refractivity contribution in [1.82, 2.24) is 14.9 Å². The number of piperidine rings is 1. The minimum atomic E-state index is -3.72. The van der Waals surface area contributed by atoms with Gasteiger partial charge in [-0.15, -0.1) is 0 Å². The Labute approximate surface area is 149 Å². The lowest BCUT2D eigenvalue weighted by molar-refractivity contribution is 0.0930. The number of carbonyl (C=O) groups excluding carboxylic acids is 1. The third-order valence-corrected chi connectivity index (χ3v) is 6.45. The number of carbonyl (C=O) groups is 1. The lowest BCUT2D eigenvalue weighted by atomic mass is 10.1. The number of nitrogens with one attached hydrogen (secondary N) is 2. The van der Waals surface area contributed by atoms with Crippen LogP contribution < -0.4 is 15.4 Å². The van der Waals surface area contributed by atoms with Gasteiger partial charge < -0.3 is 15.4 Å². The molecule has 1 amide bonds. The third kappa shape index (κ3) is 4.50.